The molecule has 1 aliphatic rings. The molecule has 1 fully saturated rings. The van der Waals surface area contributed by atoms with Crippen molar-refractivity contribution in [2.45, 2.75) is 71.1 Å². The van der Waals surface area contributed by atoms with E-state index >= 15 is 0 Å². The van der Waals surface area contributed by atoms with Crippen LogP contribution in [0.1, 0.15) is 70.1 Å². The fraction of sp³-hybridized carbons (Fsp3) is 0.481. The molecule has 0 aromatic heterocycles. The zero-order valence-electron chi connectivity index (χ0n) is 18.6. The summed E-state index contributed by atoms with van der Waals surface area (Å²) in [5, 5.41) is 0. The molecule has 0 bridgehead atoms. The largest absolute Gasteiger partial charge is 0.368 e. The second kappa shape index (κ2) is 11.9. The molecule has 6 atom stereocenters. The molecule has 0 radical (unpaired) electrons. The smallest absolute Gasteiger partial charge is 0.0832 e. The molecular weight excluding hydrogens is 354 g/mol. The van der Waals surface area contributed by atoms with Gasteiger partial charge in [0.2, 0.25) is 0 Å². The van der Waals surface area contributed by atoms with E-state index in [4.69, 9.17) is 10.5 Å². The second-order valence-electron chi connectivity index (χ2n) is 8.06. The Kier molecular flexibility index (Phi) is 9.63. The van der Waals surface area contributed by atoms with Gasteiger partial charge in [0.15, 0.2) is 0 Å². The highest BCUT2D eigenvalue weighted by Crippen LogP contribution is 2.42. The molecule has 1 saturated heterocycles. The van der Waals surface area contributed by atoms with Gasteiger partial charge in [-0.15, -0.1) is 6.58 Å². The SMILES string of the molecule is C=CC(N)C1OC(c2ccccc2)CC(CCC(C)c2ccccc2)C1C.CC. The summed E-state index contributed by atoms with van der Waals surface area (Å²) in [5.41, 5.74) is 9.03. The Morgan fingerprint density at radius 3 is 2.24 bits per heavy atom. The minimum Gasteiger partial charge on any atom is -0.368 e. The lowest BCUT2D eigenvalue weighted by Gasteiger charge is -2.43. The predicted octanol–water partition coefficient (Wildman–Crippen LogP) is 6.89. The van der Waals surface area contributed by atoms with Crippen LogP contribution in [0.3, 0.4) is 0 Å². The molecule has 29 heavy (non-hydrogen) atoms. The first-order valence-corrected chi connectivity index (χ1v) is 11.2. The zero-order valence-corrected chi connectivity index (χ0v) is 18.6. The molecule has 158 valence electrons. The highest BCUT2D eigenvalue weighted by Gasteiger charge is 2.38. The minimum absolute atomic E-state index is 0.0264. The van der Waals surface area contributed by atoms with Gasteiger partial charge in [-0.25, -0.2) is 0 Å². The van der Waals surface area contributed by atoms with Gasteiger partial charge >= 0.3 is 0 Å². The van der Waals surface area contributed by atoms with Crippen LogP contribution in [-0.2, 0) is 4.74 Å². The number of rotatable bonds is 7. The number of ether oxygens (including phenoxy) is 1. The summed E-state index contributed by atoms with van der Waals surface area (Å²) in [6.07, 6.45) is 5.43. The predicted molar refractivity (Wildman–Crippen MR) is 125 cm³/mol. The zero-order chi connectivity index (χ0) is 21.2. The lowest BCUT2D eigenvalue weighted by Crippen LogP contribution is -2.46. The highest BCUT2D eigenvalue weighted by atomic mass is 16.5. The molecule has 1 aliphatic heterocycles. The molecule has 2 N–H and O–H groups in total. The van der Waals surface area contributed by atoms with Gasteiger partial charge in [0.25, 0.3) is 0 Å². The minimum atomic E-state index is -0.124. The summed E-state index contributed by atoms with van der Waals surface area (Å²) < 4.78 is 6.46. The van der Waals surface area contributed by atoms with Gasteiger partial charge in [0.1, 0.15) is 0 Å². The van der Waals surface area contributed by atoms with Crippen LogP contribution in [0.5, 0.6) is 0 Å². The van der Waals surface area contributed by atoms with Crippen LogP contribution >= 0.6 is 0 Å². The van der Waals surface area contributed by atoms with Crippen molar-refractivity contribution >= 4 is 0 Å². The van der Waals surface area contributed by atoms with E-state index in [1.807, 2.05) is 19.9 Å². The van der Waals surface area contributed by atoms with Crippen molar-refractivity contribution in [1.82, 2.24) is 0 Å². The summed E-state index contributed by atoms with van der Waals surface area (Å²) >= 11 is 0. The number of hydrogen-bond acceptors (Lipinski definition) is 2. The van der Waals surface area contributed by atoms with Crippen LogP contribution in [0.2, 0.25) is 0 Å². The molecule has 0 saturated carbocycles. The van der Waals surface area contributed by atoms with Crippen molar-refractivity contribution in [2.24, 2.45) is 17.6 Å². The third-order valence-electron chi connectivity index (χ3n) is 6.26. The first-order valence-electron chi connectivity index (χ1n) is 11.2. The number of hydrogen-bond donors (Lipinski definition) is 1. The molecule has 2 aromatic rings. The fourth-order valence-corrected chi connectivity index (χ4v) is 4.38. The molecular formula is C27H39NO. The first-order chi connectivity index (χ1) is 14.1. The molecule has 0 aliphatic carbocycles. The lowest BCUT2D eigenvalue weighted by atomic mass is 9.75. The quantitative estimate of drug-likeness (QED) is 0.520. The summed E-state index contributed by atoms with van der Waals surface area (Å²) in [4.78, 5) is 0. The molecule has 0 spiro atoms. The third kappa shape index (κ3) is 6.29. The van der Waals surface area contributed by atoms with Crippen molar-refractivity contribution < 1.29 is 4.74 Å². The number of benzene rings is 2. The van der Waals surface area contributed by atoms with Crippen molar-refractivity contribution in [2.75, 3.05) is 0 Å². The Balaban J connectivity index is 0.00000145. The van der Waals surface area contributed by atoms with E-state index in [-0.39, 0.29) is 18.2 Å². The maximum Gasteiger partial charge on any atom is 0.0832 e. The molecule has 0 amide bonds. The second-order valence-corrected chi connectivity index (χ2v) is 8.06. The molecule has 2 heteroatoms. The van der Waals surface area contributed by atoms with Crippen LogP contribution in [0, 0.1) is 11.8 Å². The van der Waals surface area contributed by atoms with E-state index in [0.29, 0.717) is 17.8 Å². The van der Waals surface area contributed by atoms with Gasteiger partial charge < -0.3 is 10.5 Å². The van der Waals surface area contributed by atoms with Crippen LogP contribution in [0.25, 0.3) is 0 Å². The average molecular weight is 394 g/mol. The standard InChI is InChI=1S/C25H33NO.C2H6/c1-4-23(26)25-19(3)22(16-15-18(2)20-11-7-5-8-12-20)17-24(27-25)21-13-9-6-10-14-21;1-2/h4-14,18-19,22-25H,1,15-17,26H2,2-3H3;1-2H3. The topological polar surface area (TPSA) is 35.2 Å². The Morgan fingerprint density at radius 2 is 1.66 bits per heavy atom. The summed E-state index contributed by atoms with van der Waals surface area (Å²) in [6, 6.07) is 21.3. The third-order valence-corrected chi connectivity index (χ3v) is 6.26. The number of nitrogens with two attached hydrogens (primary N) is 1. The molecule has 2 nitrogen and oxygen atoms in total. The molecule has 6 unspecified atom stereocenters. The molecule has 3 rings (SSSR count). The van der Waals surface area contributed by atoms with E-state index in [0.717, 1.165) is 6.42 Å². The summed E-state index contributed by atoms with van der Waals surface area (Å²) in [5.74, 6) is 1.61. The Hall–Kier alpha value is -1.90. The van der Waals surface area contributed by atoms with Crippen LogP contribution in [0.4, 0.5) is 0 Å². The maximum atomic E-state index is 6.46. The maximum absolute atomic E-state index is 6.46. The monoisotopic (exact) mass is 393 g/mol. The summed E-state index contributed by atoms with van der Waals surface area (Å²) in [7, 11) is 0. The first kappa shape index (κ1) is 23.4. The van der Waals surface area contributed by atoms with Gasteiger partial charge in [-0.05, 0) is 48.1 Å². The molecule has 2 aromatic carbocycles. The van der Waals surface area contributed by atoms with E-state index in [1.54, 1.807) is 0 Å². The van der Waals surface area contributed by atoms with Gasteiger partial charge in [-0.2, -0.15) is 0 Å². The Morgan fingerprint density at radius 1 is 1.07 bits per heavy atom. The van der Waals surface area contributed by atoms with Gasteiger partial charge in [0, 0.05) is 6.04 Å². The fourth-order valence-electron chi connectivity index (χ4n) is 4.38. The van der Waals surface area contributed by atoms with Gasteiger partial charge in [-0.3, -0.25) is 0 Å². The van der Waals surface area contributed by atoms with Gasteiger partial charge in [-0.1, -0.05) is 94.4 Å². The summed E-state index contributed by atoms with van der Waals surface area (Å²) in [6.45, 7) is 12.5. The van der Waals surface area contributed by atoms with Crippen molar-refractivity contribution in [3.8, 4) is 0 Å². The van der Waals surface area contributed by atoms with Crippen LogP contribution in [-0.4, -0.2) is 12.1 Å². The Labute approximate surface area is 178 Å². The van der Waals surface area contributed by atoms with E-state index < -0.39 is 0 Å². The van der Waals surface area contributed by atoms with E-state index in [1.165, 1.54) is 24.0 Å². The highest BCUT2D eigenvalue weighted by molar-refractivity contribution is 5.20. The molecule has 1 heterocycles. The van der Waals surface area contributed by atoms with E-state index in [2.05, 4.69) is 81.1 Å². The average Bonchev–Trinajstić information content (AvgIpc) is 2.80. The lowest BCUT2D eigenvalue weighted by molar-refractivity contribution is -0.113. The normalized spacial score (nSPS) is 26.0. The van der Waals surface area contributed by atoms with Crippen LogP contribution < -0.4 is 5.73 Å². The van der Waals surface area contributed by atoms with Crippen molar-refractivity contribution in [3.63, 3.8) is 0 Å². The van der Waals surface area contributed by atoms with Gasteiger partial charge in [0.05, 0.1) is 12.2 Å². The Bertz CT molecular complexity index is 699. The van der Waals surface area contributed by atoms with Crippen LogP contribution in [0.15, 0.2) is 73.3 Å². The van der Waals surface area contributed by atoms with Crippen molar-refractivity contribution in [1.29, 1.82) is 0 Å². The van der Waals surface area contributed by atoms with E-state index in [9.17, 15) is 0 Å². The van der Waals surface area contributed by atoms with Crippen molar-refractivity contribution in [3.05, 3.63) is 84.4 Å².